The van der Waals surface area contributed by atoms with Gasteiger partial charge in [0, 0.05) is 0 Å². The van der Waals surface area contributed by atoms with Gasteiger partial charge in [0.2, 0.25) is 0 Å². The van der Waals surface area contributed by atoms with Gasteiger partial charge in [-0.3, -0.25) is 0 Å². The van der Waals surface area contributed by atoms with Crippen LogP contribution in [-0.4, -0.2) is 13.1 Å². The van der Waals surface area contributed by atoms with Crippen molar-refractivity contribution in [2.45, 2.75) is 32.6 Å². The minimum Gasteiger partial charge on any atom is -0.421 e. The van der Waals surface area contributed by atoms with Crippen LogP contribution in [0.25, 0.3) is 5.57 Å². The second-order valence-electron chi connectivity index (χ2n) is 7.24. The molecule has 0 aromatic heterocycles. The van der Waals surface area contributed by atoms with Crippen molar-refractivity contribution < 1.29 is 6.17 Å². The van der Waals surface area contributed by atoms with E-state index in [-0.39, 0.29) is 0 Å². The Balaban J connectivity index is 2.28. The Morgan fingerprint density at radius 3 is 2.03 bits per heavy atom. The average Bonchev–Trinajstić information content (AvgIpc) is 2.81. The maximum atomic E-state index is 12.4. The van der Waals surface area contributed by atoms with E-state index in [4.69, 9.17) is 1.37 Å². The molecule has 0 unspecified atom stereocenters. The van der Waals surface area contributed by atoms with Crippen molar-refractivity contribution in [1.82, 2.24) is 0 Å². The fraction of sp³-hybridized carbons (Fsp3) is 0.185. The van der Waals surface area contributed by atoms with E-state index in [0.29, 0.717) is 12.5 Å². The largest absolute Gasteiger partial charge is 0.421 e. The predicted molar refractivity (Wildman–Crippen MR) is 129 cm³/mol. The van der Waals surface area contributed by atoms with Crippen molar-refractivity contribution in [3.63, 3.8) is 0 Å². The summed E-state index contributed by atoms with van der Waals surface area (Å²) in [6.07, 6.45) is 5.26. The van der Waals surface area contributed by atoms with Gasteiger partial charge in [0.15, 0.2) is 0 Å². The number of hydrogen-bond acceptors (Lipinski definition) is 1. The van der Waals surface area contributed by atoms with E-state index >= 15 is 0 Å². The monoisotopic (exact) mass is 399 g/mol. The molecule has 0 radical (unpaired) electrons. The lowest BCUT2D eigenvalue weighted by Gasteiger charge is -2.29. The minimum atomic E-state index is -3.24. The fourth-order valence-electron chi connectivity index (χ4n) is 3.74. The average molecular weight is 400 g/mol. The van der Waals surface area contributed by atoms with Crippen molar-refractivity contribution in [1.29, 1.82) is 0 Å². The van der Waals surface area contributed by atoms with Gasteiger partial charge in [-0.05, 0) is 39.5 Å². The molecule has 0 bridgehead atoms. The number of unbranched alkanes of at least 4 members (excludes halogenated alkanes) is 1. The summed E-state index contributed by atoms with van der Waals surface area (Å²) >= 11 is 0. The lowest BCUT2D eigenvalue weighted by molar-refractivity contribution is 0.583. The van der Waals surface area contributed by atoms with E-state index in [1.807, 2.05) is 84.9 Å². The van der Waals surface area contributed by atoms with Crippen molar-refractivity contribution >= 4 is 29.5 Å². The van der Waals surface area contributed by atoms with Gasteiger partial charge in [0.1, 0.15) is 0 Å². The lowest BCUT2D eigenvalue weighted by Crippen LogP contribution is -2.68. The summed E-state index contributed by atoms with van der Waals surface area (Å²) in [5.74, 6) is 0. The molecule has 0 aliphatic heterocycles. The summed E-state index contributed by atoms with van der Waals surface area (Å²) in [5.41, 5.74) is 1.94. The molecule has 0 aliphatic rings. The second-order valence-corrected chi connectivity index (χ2v) is 10.4. The standard InChI is InChI=1S/C27H30OSi/c1-3-5-8-16-23(15-4-2)26-21-13-14-22-27(26)29(28,24-17-9-6-10-18-24)25-19-11-7-12-20-25/h4,6-7,9-14,16-22,28H,2-3,5,8,15H2,1H3/b23-16+/i16D. The Morgan fingerprint density at radius 2 is 1.48 bits per heavy atom. The van der Waals surface area contributed by atoms with Crippen LogP contribution in [0.5, 0.6) is 0 Å². The number of allylic oxidation sites excluding steroid dienone is 3. The van der Waals surface area contributed by atoms with Crippen LogP contribution < -0.4 is 15.6 Å². The third kappa shape index (κ3) is 4.67. The third-order valence-corrected chi connectivity index (χ3v) is 8.80. The van der Waals surface area contributed by atoms with Crippen LogP contribution in [0.2, 0.25) is 0 Å². The highest BCUT2D eigenvalue weighted by molar-refractivity contribution is 7.06. The van der Waals surface area contributed by atoms with Gasteiger partial charge in [-0.2, -0.15) is 0 Å². The second kappa shape index (κ2) is 10.2. The summed E-state index contributed by atoms with van der Waals surface area (Å²) in [6.45, 7) is 6.07. The molecule has 29 heavy (non-hydrogen) atoms. The molecule has 0 fully saturated rings. The zero-order valence-electron chi connectivity index (χ0n) is 18.1. The summed E-state index contributed by atoms with van der Waals surface area (Å²) in [6, 6.07) is 28.7. The van der Waals surface area contributed by atoms with Crippen molar-refractivity contribution in [2.24, 2.45) is 0 Å². The maximum Gasteiger partial charge on any atom is 0.286 e. The summed E-state index contributed by atoms with van der Waals surface area (Å²) in [5, 5.41) is 2.82. The van der Waals surface area contributed by atoms with E-state index in [1.165, 1.54) is 0 Å². The normalized spacial score (nSPS) is 12.8. The number of benzene rings is 3. The van der Waals surface area contributed by atoms with Crippen molar-refractivity contribution in [2.75, 3.05) is 0 Å². The Hall–Kier alpha value is -2.68. The van der Waals surface area contributed by atoms with Crippen LogP contribution in [-0.2, 0) is 0 Å². The zero-order chi connectivity index (χ0) is 21.4. The Morgan fingerprint density at radius 1 is 0.931 bits per heavy atom. The molecule has 0 saturated heterocycles. The fourth-order valence-corrected chi connectivity index (χ4v) is 7.00. The number of hydrogen-bond donors (Lipinski definition) is 1. The molecule has 0 spiro atoms. The molecule has 1 nitrogen and oxygen atoms in total. The molecule has 0 heterocycles. The van der Waals surface area contributed by atoms with E-state index in [0.717, 1.165) is 46.0 Å². The van der Waals surface area contributed by atoms with E-state index < -0.39 is 8.32 Å². The SMILES string of the molecule is [2H]/C(CCCC)=C(/CC=C)c1ccccc1[Si](O)(c1ccccc1)c1ccccc1. The molecule has 148 valence electrons. The quantitative estimate of drug-likeness (QED) is 0.311. The van der Waals surface area contributed by atoms with Gasteiger partial charge in [-0.1, -0.05) is 117 Å². The molecule has 3 aromatic carbocycles. The van der Waals surface area contributed by atoms with Crippen LogP contribution in [0, 0.1) is 0 Å². The minimum absolute atomic E-state index is 0.619. The highest BCUT2D eigenvalue weighted by Crippen LogP contribution is 2.21. The maximum absolute atomic E-state index is 12.4. The molecule has 0 amide bonds. The molecule has 0 atom stereocenters. The van der Waals surface area contributed by atoms with Gasteiger partial charge in [0.05, 0.1) is 1.37 Å². The summed E-state index contributed by atoms with van der Waals surface area (Å²) in [7, 11) is -3.24. The molecular weight excluding hydrogens is 368 g/mol. The molecule has 3 rings (SSSR count). The molecule has 2 heteroatoms. The van der Waals surface area contributed by atoms with Gasteiger partial charge in [-0.25, -0.2) is 0 Å². The highest BCUT2D eigenvalue weighted by atomic mass is 28.4. The number of rotatable bonds is 9. The van der Waals surface area contributed by atoms with E-state index in [2.05, 4.69) is 19.6 Å². The van der Waals surface area contributed by atoms with Gasteiger partial charge in [-0.15, -0.1) is 6.58 Å². The van der Waals surface area contributed by atoms with Crippen molar-refractivity contribution in [3.8, 4) is 0 Å². The van der Waals surface area contributed by atoms with Crippen LogP contribution in [0.1, 0.15) is 39.5 Å². The van der Waals surface area contributed by atoms with E-state index in [1.54, 1.807) is 0 Å². The zero-order valence-corrected chi connectivity index (χ0v) is 18.1. The third-order valence-electron chi connectivity index (χ3n) is 5.24. The van der Waals surface area contributed by atoms with Crippen LogP contribution in [0.4, 0.5) is 0 Å². The van der Waals surface area contributed by atoms with Crippen LogP contribution in [0.15, 0.2) is 104 Å². The van der Waals surface area contributed by atoms with Gasteiger partial charge < -0.3 is 4.80 Å². The molecular formula is C27H30OSi. The predicted octanol–water partition coefficient (Wildman–Crippen LogP) is 4.80. The first kappa shape index (κ1) is 19.6. The highest BCUT2D eigenvalue weighted by Gasteiger charge is 2.40. The Labute approximate surface area is 177 Å². The van der Waals surface area contributed by atoms with Gasteiger partial charge in [0.25, 0.3) is 8.32 Å². The topological polar surface area (TPSA) is 20.2 Å². The van der Waals surface area contributed by atoms with Gasteiger partial charge >= 0.3 is 0 Å². The molecule has 0 aliphatic carbocycles. The first-order valence-corrected chi connectivity index (χ1v) is 12.3. The molecule has 1 N–H and O–H groups in total. The van der Waals surface area contributed by atoms with E-state index in [9.17, 15) is 4.80 Å². The van der Waals surface area contributed by atoms with Crippen LogP contribution >= 0.6 is 0 Å². The first-order chi connectivity index (χ1) is 14.6. The Kier molecular flexibility index (Phi) is 6.90. The summed E-state index contributed by atoms with van der Waals surface area (Å²) < 4.78 is 8.75. The molecule has 3 aromatic rings. The Bertz CT molecular complexity index is 956. The first-order valence-electron chi connectivity index (χ1n) is 10.9. The molecule has 0 saturated carbocycles. The van der Waals surface area contributed by atoms with Crippen LogP contribution in [0.3, 0.4) is 0 Å². The van der Waals surface area contributed by atoms with Crippen molar-refractivity contribution in [3.05, 3.63) is 109 Å². The summed E-state index contributed by atoms with van der Waals surface area (Å²) in [4.78, 5) is 12.4. The smallest absolute Gasteiger partial charge is 0.286 e. The lowest BCUT2D eigenvalue weighted by atomic mass is 10.0.